The van der Waals surface area contributed by atoms with Crippen molar-refractivity contribution in [3.8, 4) is 0 Å². The van der Waals surface area contributed by atoms with Gasteiger partial charge in [0.15, 0.2) is 4.77 Å². The van der Waals surface area contributed by atoms with Crippen LogP contribution in [0.1, 0.15) is 71.2 Å². The zero-order valence-corrected chi connectivity index (χ0v) is 17.1. The van der Waals surface area contributed by atoms with Gasteiger partial charge in [-0.2, -0.15) is 5.10 Å². The van der Waals surface area contributed by atoms with Crippen molar-refractivity contribution in [1.29, 1.82) is 0 Å². The summed E-state index contributed by atoms with van der Waals surface area (Å²) in [6.07, 6.45) is 6.79. The van der Waals surface area contributed by atoms with Crippen LogP contribution >= 0.6 is 12.2 Å². The normalized spacial score (nSPS) is 30.2. The van der Waals surface area contributed by atoms with E-state index < -0.39 is 0 Å². The number of piperidine rings is 1. The third-order valence-corrected chi connectivity index (χ3v) is 6.72. The molecule has 0 aromatic carbocycles. The third kappa shape index (κ3) is 3.06. The molecule has 3 aliphatic rings. The van der Waals surface area contributed by atoms with E-state index in [0.717, 1.165) is 36.5 Å². The first-order valence-corrected chi connectivity index (χ1v) is 10.3. The first-order chi connectivity index (χ1) is 12.3. The van der Waals surface area contributed by atoms with Crippen LogP contribution in [0.25, 0.3) is 0 Å². The van der Waals surface area contributed by atoms with Gasteiger partial charge in [0.2, 0.25) is 5.91 Å². The number of carbonyl (C=O) groups is 1. The van der Waals surface area contributed by atoms with Gasteiger partial charge in [-0.3, -0.25) is 9.89 Å². The van der Waals surface area contributed by atoms with Gasteiger partial charge in [0.05, 0.1) is 5.92 Å². The number of aromatic amines is 1. The summed E-state index contributed by atoms with van der Waals surface area (Å²) in [4.78, 5) is 15.3. The van der Waals surface area contributed by atoms with Gasteiger partial charge >= 0.3 is 0 Å². The average Bonchev–Trinajstić information content (AvgIpc) is 3.46. The molecule has 26 heavy (non-hydrogen) atoms. The summed E-state index contributed by atoms with van der Waals surface area (Å²) >= 11 is 5.43. The number of carbonyl (C=O) groups excluding carboxylic acids is 1. The number of nitrogens with zero attached hydrogens (tertiary/aromatic N) is 3. The Bertz CT molecular complexity index is 797. The number of hydrogen-bond donors (Lipinski definition) is 1. The molecule has 0 spiro atoms. The minimum absolute atomic E-state index is 0.0787. The van der Waals surface area contributed by atoms with E-state index in [-0.39, 0.29) is 11.3 Å². The third-order valence-electron chi connectivity index (χ3n) is 6.43. The van der Waals surface area contributed by atoms with Gasteiger partial charge in [-0.15, -0.1) is 0 Å². The number of rotatable bonds is 4. The van der Waals surface area contributed by atoms with Crippen LogP contribution in [0.2, 0.25) is 0 Å². The molecule has 1 N–H and O–H groups in total. The van der Waals surface area contributed by atoms with Crippen molar-refractivity contribution in [1.82, 2.24) is 19.7 Å². The lowest BCUT2D eigenvalue weighted by Gasteiger charge is -2.33. The van der Waals surface area contributed by atoms with Gasteiger partial charge in [-0.25, -0.2) is 0 Å². The lowest BCUT2D eigenvalue weighted by atomic mass is 9.96. The molecule has 2 heterocycles. The molecule has 1 saturated heterocycles. The van der Waals surface area contributed by atoms with Crippen LogP contribution in [0.5, 0.6) is 0 Å². The number of nitrogens with one attached hydrogen (secondary N) is 1. The summed E-state index contributed by atoms with van der Waals surface area (Å²) in [6, 6.07) is 0.520. The van der Waals surface area contributed by atoms with E-state index in [1.807, 2.05) is 0 Å². The minimum atomic E-state index is 0.0787. The molecule has 1 aromatic heterocycles. The Kier molecular flexibility index (Phi) is 4.37. The van der Waals surface area contributed by atoms with Crippen molar-refractivity contribution in [3.63, 3.8) is 0 Å². The molecule has 3 atom stereocenters. The molecule has 1 aliphatic heterocycles. The lowest BCUT2D eigenvalue weighted by Crippen LogP contribution is -2.41. The van der Waals surface area contributed by atoms with Crippen molar-refractivity contribution in [2.75, 3.05) is 13.1 Å². The molecule has 4 rings (SSSR count). The highest BCUT2D eigenvalue weighted by molar-refractivity contribution is 7.71. The standard InChI is InChI=1S/C20H30N4OS/c1-12(2)10-15-16(20(15,3)4)18(25)23-9-5-6-13(11-23)17-21-22-19(26)24(17)14-7-8-14/h10,13-16H,5-9,11H2,1-4H3,(H,22,26). The average molecular weight is 375 g/mol. The Labute approximate surface area is 160 Å². The fourth-order valence-corrected chi connectivity index (χ4v) is 4.98. The number of H-pyrrole nitrogens is 1. The molecular weight excluding hydrogens is 344 g/mol. The summed E-state index contributed by atoms with van der Waals surface area (Å²) in [5.74, 6) is 2.19. The van der Waals surface area contributed by atoms with Crippen molar-refractivity contribution >= 4 is 18.1 Å². The molecule has 6 heteroatoms. The largest absolute Gasteiger partial charge is 0.342 e. The van der Waals surface area contributed by atoms with Crippen LogP contribution in [-0.4, -0.2) is 38.7 Å². The van der Waals surface area contributed by atoms with E-state index in [0.29, 0.717) is 23.8 Å². The fraction of sp³-hybridized carbons (Fsp3) is 0.750. The highest BCUT2D eigenvalue weighted by Gasteiger charge is 2.61. The van der Waals surface area contributed by atoms with Crippen LogP contribution in [0, 0.1) is 22.0 Å². The molecule has 0 bridgehead atoms. The highest BCUT2D eigenvalue weighted by atomic mass is 32.1. The molecule has 3 fully saturated rings. The van der Waals surface area contributed by atoms with E-state index in [1.165, 1.54) is 18.4 Å². The van der Waals surface area contributed by atoms with E-state index in [4.69, 9.17) is 12.2 Å². The summed E-state index contributed by atoms with van der Waals surface area (Å²) < 4.78 is 2.94. The number of amides is 1. The monoisotopic (exact) mass is 374 g/mol. The quantitative estimate of drug-likeness (QED) is 0.634. The van der Waals surface area contributed by atoms with E-state index >= 15 is 0 Å². The summed E-state index contributed by atoms with van der Waals surface area (Å²) in [6.45, 7) is 10.3. The minimum Gasteiger partial charge on any atom is -0.342 e. The van der Waals surface area contributed by atoms with Crippen LogP contribution in [0.15, 0.2) is 11.6 Å². The van der Waals surface area contributed by atoms with Gasteiger partial charge in [0, 0.05) is 25.0 Å². The summed E-state index contributed by atoms with van der Waals surface area (Å²) in [5, 5.41) is 7.52. The van der Waals surface area contributed by atoms with Crippen LogP contribution in [-0.2, 0) is 4.79 Å². The Morgan fingerprint density at radius 1 is 1.31 bits per heavy atom. The summed E-state index contributed by atoms with van der Waals surface area (Å²) in [7, 11) is 0. The number of aromatic nitrogens is 3. The molecule has 3 unspecified atom stereocenters. The maximum Gasteiger partial charge on any atom is 0.226 e. The van der Waals surface area contributed by atoms with Gasteiger partial charge in [-0.05, 0) is 63.1 Å². The fourth-order valence-electron chi connectivity index (χ4n) is 4.69. The van der Waals surface area contributed by atoms with Crippen molar-refractivity contribution in [3.05, 3.63) is 22.2 Å². The maximum absolute atomic E-state index is 13.2. The Balaban J connectivity index is 1.50. The Morgan fingerprint density at radius 3 is 2.69 bits per heavy atom. The summed E-state index contributed by atoms with van der Waals surface area (Å²) in [5.41, 5.74) is 1.38. The van der Waals surface area contributed by atoms with Gasteiger partial charge < -0.3 is 9.47 Å². The number of hydrogen-bond acceptors (Lipinski definition) is 3. The first-order valence-electron chi connectivity index (χ1n) is 9.91. The molecule has 5 nitrogen and oxygen atoms in total. The second-order valence-electron chi connectivity index (χ2n) is 9.18. The predicted molar refractivity (Wildman–Crippen MR) is 104 cm³/mol. The maximum atomic E-state index is 13.2. The number of allylic oxidation sites excluding steroid dienone is 2. The first kappa shape index (κ1) is 18.0. The molecule has 2 saturated carbocycles. The molecule has 0 radical (unpaired) electrons. The molecule has 1 aromatic rings. The Hall–Kier alpha value is -1.43. The van der Waals surface area contributed by atoms with Crippen molar-refractivity contribution < 1.29 is 4.79 Å². The van der Waals surface area contributed by atoms with Crippen LogP contribution in [0.4, 0.5) is 0 Å². The highest BCUT2D eigenvalue weighted by Crippen LogP contribution is 2.60. The molecule has 2 aliphatic carbocycles. The smallest absolute Gasteiger partial charge is 0.226 e. The van der Waals surface area contributed by atoms with Gasteiger partial charge in [-0.1, -0.05) is 25.5 Å². The van der Waals surface area contributed by atoms with E-state index in [2.05, 4.69) is 53.4 Å². The van der Waals surface area contributed by atoms with E-state index in [1.54, 1.807) is 0 Å². The molecule has 1 amide bonds. The van der Waals surface area contributed by atoms with Gasteiger partial charge in [0.1, 0.15) is 5.82 Å². The van der Waals surface area contributed by atoms with Crippen LogP contribution < -0.4 is 0 Å². The molecular formula is C20H30N4OS. The predicted octanol–water partition coefficient (Wildman–Crippen LogP) is 4.22. The van der Waals surface area contributed by atoms with E-state index in [9.17, 15) is 4.79 Å². The molecule has 142 valence electrons. The second kappa shape index (κ2) is 6.32. The van der Waals surface area contributed by atoms with Crippen molar-refractivity contribution in [2.24, 2.45) is 17.3 Å². The number of likely N-dealkylation sites (tertiary alicyclic amines) is 1. The topological polar surface area (TPSA) is 53.9 Å². The Morgan fingerprint density at radius 2 is 2.04 bits per heavy atom. The lowest BCUT2D eigenvalue weighted by molar-refractivity contribution is -0.134. The van der Waals surface area contributed by atoms with Gasteiger partial charge in [0.25, 0.3) is 0 Å². The zero-order chi connectivity index (χ0) is 18.6. The second-order valence-corrected chi connectivity index (χ2v) is 9.57. The zero-order valence-electron chi connectivity index (χ0n) is 16.3. The van der Waals surface area contributed by atoms with Crippen molar-refractivity contribution in [2.45, 2.75) is 65.3 Å². The SMILES string of the molecule is CC(C)=CC1C(C(=O)N2CCCC(c3n[nH]c(=S)n3C3CC3)C2)C1(C)C. The van der Waals surface area contributed by atoms with Crippen LogP contribution in [0.3, 0.4) is 0 Å².